The van der Waals surface area contributed by atoms with Gasteiger partial charge < -0.3 is 10.1 Å². The predicted molar refractivity (Wildman–Crippen MR) is 90.3 cm³/mol. The van der Waals surface area contributed by atoms with Crippen LogP contribution in [0.1, 0.15) is 6.92 Å². The normalized spacial score (nSPS) is 22.8. The number of amides is 1. The fraction of sp³-hybridized carbons (Fsp3) is 0.500. The third-order valence-electron chi connectivity index (χ3n) is 4.19. The molecule has 2 aliphatic heterocycles. The molecule has 1 atom stereocenters. The van der Waals surface area contributed by atoms with Crippen LogP contribution in [0.15, 0.2) is 23.1 Å². The molecule has 1 fully saturated rings. The molecule has 2 heterocycles. The maximum atomic E-state index is 12.8. The van der Waals surface area contributed by atoms with Crippen LogP contribution >= 0.6 is 0 Å². The Kier molecular flexibility index (Phi) is 4.52. The van der Waals surface area contributed by atoms with Gasteiger partial charge in [-0.2, -0.15) is 8.61 Å². The number of nitrogens with zero attached hydrogens (tertiary/aromatic N) is 2. The molecule has 1 amide bonds. The summed E-state index contributed by atoms with van der Waals surface area (Å²) >= 11 is 0. The molecular formula is C14H19N3O6S2. The van der Waals surface area contributed by atoms with E-state index >= 15 is 0 Å². The van der Waals surface area contributed by atoms with Gasteiger partial charge in [-0.05, 0) is 25.1 Å². The van der Waals surface area contributed by atoms with E-state index in [0.29, 0.717) is 11.4 Å². The molecule has 11 heteroatoms. The summed E-state index contributed by atoms with van der Waals surface area (Å²) in [4.78, 5) is 11.7. The van der Waals surface area contributed by atoms with Crippen molar-refractivity contribution in [2.45, 2.75) is 17.9 Å². The third-order valence-corrected chi connectivity index (χ3v) is 7.38. The van der Waals surface area contributed by atoms with E-state index in [9.17, 15) is 21.6 Å². The summed E-state index contributed by atoms with van der Waals surface area (Å²) < 4.78 is 56.5. The van der Waals surface area contributed by atoms with Crippen LogP contribution in [-0.4, -0.2) is 69.9 Å². The van der Waals surface area contributed by atoms with E-state index in [1.165, 1.54) is 26.8 Å². The third kappa shape index (κ3) is 3.50. The second-order valence-corrected chi connectivity index (χ2v) is 9.89. The molecule has 0 radical (unpaired) electrons. The summed E-state index contributed by atoms with van der Waals surface area (Å²) in [7, 11) is -7.13. The van der Waals surface area contributed by atoms with E-state index in [1.807, 2.05) is 0 Å². The van der Waals surface area contributed by atoms with Gasteiger partial charge in [-0.1, -0.05) is 0 Å². The van der Waals surface area contributed by atoms with Gasteiger partial charge in [0, 0.05) is 26.2 Å². The lowest BCUT2D eigenvalue weighted by Gasteiger charge is -2.32. The van der Waals surface area contributed by atoms with Crippen LogP contribution in [0.2, 0.25) is 0 Å². The van der Waals surface area contributed by atoms with Crippen molar-refractivity contribution in [3.63, 3.8) is 0 Å². The van der Waals surface area contributed by atoms with Crippen LogP contribution in [0.4, 0.5) is 5.69 Å². The smallest absolute Gasteiger partial charge is 0.265 e. The molecule has 25 heavy (non-hydrogen) atoms. The van der Waals surface area contributed by atoms with E-state index in [2.05, 4.69) is 5.32 Å². The highest BCUT2D eigenvalue weighted by atomic mass is 32.2. The van der Waals surface area contributed by atoms with Gasteiger partial charge >= 0.3 is 0 Å². The molecule has 3 rings (SSSR count). The topological polar surface area (TPSA) is 113 Å². The SMILES string of the molecule is C[C@@H]1Oc2ccc(S(=O)(=O)N3CCN(S(C)(=O)=O)CC3)cc2NC1=O. The minimum Gasteiger partial charge on any atom is -0.479 e. The molecule has 0 aliphatic carbocycles. The van der Waals surface area contributed by atoms with Crippen molar-refractivity contribution in [3.8, 4) is 5.75 Å². The van der Waals surface area contributed by atoms with Crippen molar-refractivity contribution in [1.29, 1.82) is 0 Å². The van der Waals surface area contributed by atoms with Gasteiger partial charge in [0.15, 0.2) is 6.10 Å². The Morgan fingerprint density at radius 2 is 1.68 bits per heavy atom. The Morgan fingerprint density at radius 1 is 1.08 bits per heavy atom. The Morgan fingerprint density at radius 3 is 2.28 bits per heavy atom. The van der Waals surface area contributed by atoms with E-state index in [1.54, 1.807) is 6.92 Å². The van der Waals surface area contributed by atoms with Gasteiger partial charge in [0.2, 0.25) is 20.0 Å². The first-order chi connectivity index (χ1) is 11.6. The quantitative estimate of drug-likeness (QED) is 0.758. The van der Waals surface area contributed by atoms with Crippen molar-refractivity contribution in [3.05, 3.63) is 18.2 Å². The lowest BCUT2D eigenvalue weighted by molar-refractivity contribution is -0.122. The Balaban J connectivity index is 1.82. The fourth-order valence-electron chi connectivity index (χ4n) is 2.74. The van der Waals surface area contributed by atoms with E-state index in [-0.39, 0.29) is 37.0 Å². The molecule has 9 nitrogen and oxygen atoms in total. The Hall–Kier alpha value is -1.69. The minimum absolute atomic E-state index is 0.0255. The second kappa shape index (κ2) is 6.24. The maximum absolute atomic E-state index is 12.8. The number of hydrogen-bond donors (Lipinski definition) is 1. The largest absolute Gasteiger partial charge is 0.479 e. The number of anilines is 1. The summed E-state index contributed by atoms with van der Waals surface area (Å²) in [5, 5.41) is 2.62. The van der Waals surface area contributed by atoms with Gasteiger partial charge in [0.05, 0.1) is 16.8 Å². The number of fused-ring (bicyclic) bond motifs is 1. The van der Waals surface area contributed by atoms with Crippen LogP contribution in [-0.2, 0) is 24.8 Å². The van der Waals surface area contributed by atoms with Gasteiger partial charge in [-0.15, -0.1) is 0 Å². The van der Waals surface area contributed by atoms with Crippen molar-refractivity contribution in [2.24, 2.45) is 0 Å². The van der Waals surface area contributed by atoms with E-state index in [4.69, 9.17) is 4.74 Å². The van der Waals surface area contributed by atoms with Crippen molar-refractivity contribution in [2.75, 3.05) is 37.8 Å². The van der Waals surface area contributed by atoms with Crippen LogP contribution in [0.5, 0.6) is 5.75 Å². The zero-order valence-electron chi connectivity index (χ0n) is 13.8. The summed E-state index contributed by atoms with van der Waals surface area (Å²) in [5.74, 6) is 0.0664. The molecule has 0 unspecified atom stereocenters. The van der Waals surface area contributed by atoms with Crippen molar-refractivity contribution >= 4 is 31.6 Å². The van der Waals surface area contributed by atoms with Gasteiger partial charge in [0.1, 0.15) is 5.75 Å². The number of piperazine rings is 1. The molecular weight excluding hydrogens is 370 g/mol. The highest BCUT2D eigenvalue weighted by Crippen LogP contribution is 2.32. The molecule has 0 bridgehead atoms. The fourth-order valence-corrected chi connectivity index (χ4v) is 5.01. The summed E-state index contributed by atoms with van der Waals surface area (Å²) in [6.07, 6.45) is 0.462. The average Bonchev–Trinajstić information content (AvgIpc) is 2.55. The molecule has 0 saturated carbocycles. The number of sulfonamides is 2. The summed E-state index contributed by atoms with van der Waals surface area (Å²) in [6.45, 7) is 1.98. The average molecular weight is 389 g/mol. The lowest BCUT2D eigenvalue weighted by atomic mass is 10.2. The van der Waals surface area contributed by atoms with E-state index < -0.39 is 26.2 Å². The number of nitrogens with one attached hydrogen (secondary N) is 1. The molecule has 0 aromatic heterocycles. The molecule has 1 N–H and O–H groups in total. The number of benzene rings is 1. The second-order valence-electron chi connectivity index (χ2n) is 5.97. The lowest BCUT2D eigenvalue weighted by Crippen LogP contribution is -2.50. The van der Waals surface area contributed by atoms with Crippen LogP contribution < -0.4 is 10.1 Å². The zero-order valence-corrected chi connectivity index (χ0v) is 15.4. The number of carbonyl (C=O) groups is 1. The molecule has 1 aromatic carbocycles. The van der Waals surface area contributed by atoms with Crippen LogP contribution in [0.3, 0.4) is 0 Å². The molecule has 1 saturated heterocycles. The van der Waals surface area contributed by atoms with Gasteiger partial charge in [-0.25, -0.2) is 16.8 Å². The van der Waals surface area contributed by atoms with Crippen molar-refractivity contribution < 1.29 is 26.4 Å². The Labute approximate surface area is 146 Å². The van der Waals surface area contributed by atoms with Crippen LogP contribution in [0.25, 0.3) is 0 Å². The maximum Gasteiger partial charge on any atom is 0.265 e. The number of carbonyl (C=O) groups excluding carboxylic acids is 1. The molecule has 1 aromatic rings. The van der Waals surface area contributed by atoms with Crippen molar-refractivity contribution in [1.82, 2.24) is 8.61 Å². The summed E-state index contributed by atoms with van der Waals surface area (Å²) in [6, 6.07) is 4.28. The Bertz CT molecular complexity index is 904. The minimum atomic E-state index is -3.79. The highest BCUT2D eigenvalue weighted by molar-refractivity contribution is 7.89. The number of ether oxygens (including phenoxy) is 1. The molecule has 2 aliphatic rings. The first kappa shape index (κ1) is 18.1. The first-order valence-corrected chi connectivity index (χ1v) is 10.9. The number of rotatable bonds is 3. The number of hydrogen-bond acceptors (Lipinski definition) is 6. The molecule has 0 spiro atoms. The van der Waals surface area contributed by atoms with Crippen LogP contribution in [0, 0.1) is 0 Å². The first-order valence-electron chi connectivity index (χ1n) is 7.66. The zero-order chi connectivity index (χ0) is 18.4. The molecule has 138 valence electrons. The summed E-state index contributed by atoms with van der Waals surface area (Å²) in [5.41, 5.74) is 0.305. The standard InChI is InChI=1S/C14H19N3O6S2/c1-10-14(18)15-12-9-11(3-4-13(12)23-10)25(21,22)17-7-5-16(6-8-17)24(2,19)20/h3-4,9-10H,5-8H2,1-2H3,(H,15,18)/t10-/m0/s1. The predicted octanol–water partition coefficient (Wildman–Crippen LogP) is -0.328. The van der Waals surface area contributed by atoms with Gasteiger partial charge in [0.25, 0.3) is 5.91 Å². The highest BCUT2D eigenvalue weighted by Gasteiger charge is 2.32. The monoisotopic (exact) mass is 389 g/mol. The van der Waals surface area contributed by atoms with E-state index in [0.717, 1.165) is 6.26 Å². The van der Waals surface area contributed by atoms with Gasteiger partial charge in [-0.3, -0.25) is 4.79 Å².